The summed E-state index contributed by atoms with van der Waals surface area (Å²) in [5.74, 6) is -0.0822. The summed E-state index contributed by atoms with van der Waals surface area (Å²) in [7, 11) is 0. The van der Waals surface area contributed by atoms with Gasteiger partial charge < -0.3 is 10.6 Å². The maximum atomic E-state index is 12.9. The quantitative estimate of drug-likeness (QED) is 0.608. The summed E-state index contributed by atoms with van der Waals surface area (Å²) in [5.41, 5.74) is 0.0199. The Bertz CT molecular complexity index is 857. The summed E-state index contributed by atoms with van der Waals surface area (Å²) < 4.78 is 38.7. The highest BCUT2D eigenvalue weighted by atomic mass is 35.5. The molecule has 1 aliphatic rings. The van der Waals surface area contributed by atoms with E-state index in [0.717, 1.165) is 61.3 Å². The molecular weight excluding hydrogens is 423 g/mol. The van der Waals surface area contributed by atoms with E-state index in [1.807, 2.05) is 13.8 Å². The Kier molecular flexibility index (Phi) is 6.73. The second kappa shape index (κ2) is 8.92. The summed E-state index contributed by atoms with van der Waals surface area (Å²) in [6.45, 7) is 4.86. The summed E-state index contributed by atoms with van der Waals surface area (Å²) >= 11 is 7.59. The number of nitrogens with zero attached hydrogens (tertiary/aromatic N) is 1. The highest BCUT2D eigenvalue weighted by Gasteiger charge is 2.32. The van der Waals surface area contributed by atoms with Crippen molar-refractivity contribution in [2.24, 2.45) is 5.92 Å². The van der Waals surface area contributed by atoms with Crippen molar-refractivity contribution in [1.29, 1.82) is 0 Å². The lowest BCUT2D eigenvalue weighted by atomic mass is 9.86. The van der Waals surface area contributed by atoms with Crippen LogP contribution in [0.2, 0.25) is 5.02 Å². The van der Waals surface area contributed by atoms with Crippen LogP contribution in [-0.4, -0.2) is 23.5 Å². The highest BCUT2D eigenvalue weighted by Crippen LogP contribution is 2.32. The number of benzene rings is 1. The highest BCUT2D eigenvalue weighted by molar-refractivity contribution is 7.15. The van der Waals surface area contributed by atoms with E-state index in [1.165, 1.54) is 4.88 Å². The number of aromatic nitrogens is 1. The van der Waals surface area contributed by atoms with Crippen molar-refractivity contribution in [3.05, 3.63) is 44.9 Å². The van der Waals surface area contributed by atoms with E-state index >= 15 is 0 Å². The summed E-state index contributed by atoms with van der Waals surface area (Å²) in [6.07, 6.45) is -1.09. The number of aryl methyl sites for hydroxylation is 2. The molecule has 0 bridgehead atoms. The zero-order chi connectivity index (χ0) is 21.2. The molecule has 0 atom stereocenters. The van der Waals surface area contributed by atoms with Crippen LogP contribution in [0.3, 0.4) is 0 Å². The molecule has 1 amide bonds. The average molecular weight is 446 g/mol. The van der Waals surface area contributed by atoms with Crippen molar-refractivity contribution < 1.29 is 18.0 Å². The Morgan fingerprint density at radius 2 is 1.93 bits per heavy atom. The predicted octanol–water partition coefficient (Wildman–Crippen LogP) is 5.83. The SMILES string of the molecule is Cc1nc(NCC2CCC(NC(=O)c3cc(C(F)(F)F)ccc3Cl)CC2)sc1C. The smallest absolute Gasteiger partial charge is 0.361 e. The van der Waals surface area contributed by atoms with Gasteiger partial charge in [0.15, 0.2) is 5.13 Å². The van der Waals surface area contributed by atoms with Crippen LogP contribution in [0.15, 0.2) is 18.2 Å². The van der Waals surface area contributed by atoms with Crippen molar-refractivity contribution in [3.8, 4) is 0 Å². The minimum atomic E-state index is -4.51. The summed E-state index contributed by atoms with van der Waals surface area (Å²) in [5, 5.41) is 7.16. The molecule has 0 radical (unpaired) electrons. The molecule has 158 valence electrons. The fourth-order valence-electron chi connectivity index (χ4n) is 3.43. The van der Waals surface area contributed by atoms with Gasteiger partial charge in [-0.2, -0.15) is 13.2 Å². The van der Waals surface area contributed by atoms with Crippen LogP contribution in [0.1, 0.15) is 52.2 Å². The predicted molar refractivity (Wildman–Crippen MR) is 110 cm³/mol. The van der Waals surface area contributed by atoms with E-state index in [-0.39, 0.29) is 16.6 Å². The largest absolute Gasteiger partial charge is 0.416 e. The van der Waals surface area contributed by atoms with Crippen LogP contribution in [0.25, 0.3) is 0 Å². The Balaban J connectivity index is 1.51. The zero-order valence-corrected chi connectivity index (χ0v) is 17.8. The minimum absolute atomic E-state index is 0.0161. The molecule has 1 aromatic carbocycles. The number of rotatable bonds is 5. The third-order valence-electron chi connectivity index (χ3n) is 5.29. The number of hydrogen-bond acceptors (Lipinski definition) is 4. The molecule has 0 spiro atoms. The van der Waals surface area contributed by atoms with E-state index in [2.05, 4.69) is 15.6 Å². The molecule has 2 aromatic rings. The molecule has 0 saturated heterocycles. The van der Waals surface area contributed by atoms with Crippen LogP contribution in [-0.2, 0) is 6.18 Å². The summed E-state index contributed by atoms with van der Waals surface area (Å²) in [4.78, 5) is 18.1. The number of hydrogen-bond donors (Lipinski definition) is 2. The van der Waals surface area contributed by atoms with Gasteiger partial charge in [-0.1, -0.05) is 11.6 Å². The van der Waals surface area contributed by atoms with Gasteiger partial charge >= 0.3 is 6.18 Å². The number of alkyl halides is 3. The number of amides is 1. The number of carbonyl (C=O) groups is 1. The third kappa shape index (κ3) is 5.63. The van der Waals surface area contributed by atoms with E-state index in [4.69, 9.17) is 11.6 Å². The van der Waals surface area contributed by atoms with Gasteiger partial charge in [0, 0.05) is 17.5 Å². The molecule has 0 unspecified atom stereocenters. The Hall–Kier alpha value is -1.80. The summed E-state index contributed by atoms with van der Waals surface area (Å²) in [6, 6.07) is 2.74. The normalized spacial score (nSPS) is 19.8. The second-order valence-corrected chi connectivity index (χ2v) is 9.04. The molecule has 4 nitrogen and oxygen atoms in total. The van der Waals surface area contributed by atoms with Crippen molar-refractivity contribution in [2.75, 3.05) is 11.9 Å². The van der Waals surface area contributed by atoms with E-state index in [1.54, 1.807) is 11.3 Å². The van der Waals surface area contributed by atoms with Crippen molar-refractivity contribution in [1.82, 2.24) is 10.3 Å². The molecular formula is C20H23ClF3N3OS. The first kappa shape index (κ1) is 21.9. The number of thiazole rings is 1. The number of anilines is 1. The first-order valence-electron chi connectivity index (χ1n) is 9.49. The molecule has 3 rings (SSSR count). The molecule has 1 heterocycles. The molecule has 29 heavy (non-hydrogen) atoms. The van der Waals surface area contributed by atoms with Crippen LogP contribution in [0.4, 0.5) is 18.3 Å². The Morgan fingerprint density at radius 1 is 1.24 bits per heavy atom. The third-order valence-corrected chi connectivity index (χ3v) is 6.65. The topological polar surface area (TPSA) is 54.0 Å². The molecule has 1 aromatic heterocycles. The standard InChI is InChI=1S/C20H23ClF3N3OS/c1-11-12(2)29-19(26-11)25-10-13-3-6-15(7-4-13)27-18(28)16-9-14(20(22,23)24)5-8-17(16)21/h5,8-9,13,15H,3-4,6-7,10H2,1-2H3,(H,25,26)(H,27,28). The lowest BCUT2D eigenvalue weighted by molar-refractivity contribution is -0.137. The van der Waals surface area contributed by atoms with Crippen molar-refractivity contribution >= 4 is 34.0 Å². The van der Waals surface area contributed by atoms with Gasteiger partial charge in [-0.3, -0.25) is 4.79 Å². The van der Waals surface area contributed by atoms with E-state index in [0.29, 0.717) is 5.92 Å². The molecule has 1 aliphatic carbocycles. The zero-order valence-electron chi connectivity index (χ0n) is 16.2. The number of halogens is 4. The lowest BCUT2D eigenvalue weighted by Gasteiger charge is -2.29. The number of carbonyl (C=O) groups excluding carboxylic acids is 1. The van der Waals surface area contributed by atoms with Gasteiger partial charge in [0.1, 0.15) is 0 Å². The molecule has 0 aliphatic heterocycles. The van der Waals surface area contributed by atoms with Crippen LogP contribution >= 0.6 is 22.9 Å². The van der Waals surface area contributed by atoms with Crippen LogP contribution in [0, 0.1) is 19.8 Å². The fraction of sp³-hybridized carbons (Fsp3) is 0.500. The van der Waals surface area contributed by atoms with E-state index < -0.39 is 17.6 Å². The maximum Gasteiger partial charge on any atom is 0.416 e. The molecule has 2 N–H and O–H groups in total. The number of nitrogens with one attached hydrogen (secondary N) is 2. The van der Waals surface area contributed by atoms with Crippen molar-refractivity contribution in [2.45, 2.75) is 51.7 Å². The van der Waals surface area contributed by atoms with Crippen LogP contribution in [0.5, 0.6) is 0 Å². The maximum absolute atomic E-state index is 12.9. The lowest BCUT2D eigenvalue weighted by Crippen LogP contribution is -2.38. The van der Waals surface area contributed by atoms with Gasteiger partial charge in [-0.15, -0.1) is 11.3 Å². The van der Waals surface area contributed by atoms with Gasteiger partial charge in [0.2, 0.25) is 0 Å². The minimum Gasteiger partial charge on any atom is -0.361 e. The van der Waals surface area contributed by atoms with Gasteiger partial charge in [0.25, 0.3) is 5.91 Å². The fourth-order valence-corrected chi connectivity index (χ4v) is 4.45. The van der Waals surface area contributed by atoms with Crippen molar-refractivity contribution in [3.63, 3.8) is 0 Å². The average Bonchev–Trinajstić information content (AvgIpc) is 2.98. The Labute approximate surface area is 176 Å². The monoisotopic (exact) mass is 445 g/mol. The second-order valence-electron chi connectivity index (χ2n) is 7.43. The van der Waals surface area contributed by atoms with Gasteiger partial charge in [0.05, 0.1) is 21.8 Å². The van der Waals surface area contributed by atoms with Gasteiger partial charge in [-0.25, -0.2) is 4.98 Å². The van der Waals surface area contributed by atoms with Crippen LogP contribution < -0.4 is 10.6 Å². The molecule has 1 fully saturated rings. The molecule has 9 heteroatoms. The molecule has 1 saturated carbocycles. The first-order valence-corrected chi connectivity index (χ1v) is 10.7. The first-order chi connectivity index (χ1) is 13.6. The van der Waals surface area contributed by atoms with E-state index in [9.17, 15) is 18.0 Å². The van der Waals surface area contributed by atoms with Gasteiger partial charge in [-0.05, 0) is 63.6 Å². The Morgan fingerprint density at radius 3 is 2.52 bits per heavy atom.